The van der Waals surface area contributed by atoms with Crippen LogP contribution < -0.4 is 5.32 Å². The molecule has 0 saturated carbocycles. The number of alkyl halides is 2. The fourth-order valence-electron chi connectivity index (χ4n) is 3.41. The third kappa shape index (κ3) is 2.76. The molecule has 0 fully saturated rings. The Labute approximate surface area is 131 Å². The van der Waals surface area contributed by atoms with Crippen molar-refractivity contribution in [3.05, 3.63) is 23.1 Å². The van der Waals surface area contributed by atoms with E-state index in [1.165, 1.54) is 5.56 Å². The second-order valence-electron chi connectivity index (χ2n) is 6.07. The summed E-state index contributed by atoms with van der Waals surface area (Å²) in [4.78, 5) is 0. The summed E-state index contributed by atoms with van der Waals surface area (Å²) in [5.41, 5.74) is 5.05. The average Bonchev–Trinajstić information content (AvgIpc) is 3.07. The highest BCUT2D eigenvalue weighted by Gasteiger charge is 2.30. The van der Waals surface area contributed by atoms with E-state index < -0.39 is 13.0 Å². The minimum atomic E-state index is -2.44. The number of hydrogen-bond acceptors (Lipinski definition) is 5. The maximum Gasteiger partial charge on any atom is 0.261 e. The van der Waals surface area contributed by atoms with Crippen LogP contribution >= 0.6 is 0 Å². The first-order valence-electron chi connectivity index (χ1n) is 7.81. The molecular weight excluding hydrogens is 306 g/mol. The van der Waals surface area contributed by atoms with Crippen LogP contribution in [0.5, 0.6) is 0 Å². The zero-order valence-electron chi connectivity index (χ0n) is 12.6. The summed E-state index contributed by atoms with van der Waals surface area (Å²) in [5.74, 6) is 0.0717. The van der Waals surface area contributed by atoms with Gasteiger partial charge in [0, 0.05) is 43.1 Å². The van der Waals surface area contributed by atoms with Gasteiger partial charge >= 0.3 is 0 Å². The van der Waals surface area contributed by atoms with Crippen molar-refractivity contribution in [2.75, 3.05) is 19.8 Å². The van der Waals surface area contributed by atoms with E-state index in [1.807, 2.05) is 4.68 Å². The Morgan fingerprint density at radius 3 is 3.26 bits per heavy atom. The number of nitrogens with zero attached hydrogens (tertiary/aromatic N) is 3. The molecule has 8 heteroatoms. The Hall–Kier alpha value is -1.80. The molecular formula is C15H18F2N4O2. The van der Waals surface area contributed by atoms with Crippen molar-refractivity contribution in [3.63, 3.8) is 0 Å². The first-order chi connectivity index (χ1) is 11.2. The van der Waals surface area contributed by atoms with Crippen molar-refractivity contribution in [2.24, 2.45) is 5.92 Å². The molecule has 2 aromatic heterocycles. The SMILES string of the molecule is FC(F)COC[C@H]1Cc2conc2-c2c3c(nn2C1)CCNC3. The predicted octanol–water partition coefficient (Wildman–Crippen LogP) is 1.64. The Kier molecular flexibility index (Phi) is 3.86. The lowest BCUT2D eigenvalue weighted by molar-refractivity contribution is 0.00164. The molecule has 23 heavy (non-hydrogen) atoms. The highest BCUT2D eigenvalue weighted by Crippen LogP contribution is 2.34. The third-order valence-electron chi connectivity index (χ3n) is 4.38. The quantitative estimate of drug-likeness (QED) is 0.926. The Morgan fingerprint density at radius 1 is 1.48 bits per heavy atom. The van der Waals surface area contributed by atoms with E-state index >= 15 is 0 Å². The van der Waals surface area contributed by atoms with Gasteiger partial charge in [0.1, 0.15) is 18.6 Å². The zero-order chi connectivity index (χ0) is 15.8. The zero-order valence-corrected chi connectivity index (χ0v) is 12.6. The maximum atomic E-state index is 12.3. The predicted molar refractivity (Wildman–Crippen MR) is 77.2 cm³/mol. The lowest BCUT2D eigenvalue weighted by atomic mass is 9.99. The summed E-state index contributed by atoms with van der Waals surface area (Å²) in [6, 6.07) is 0. The molecule has 0 unspecified atom stereocenters. The lowest BCUT2D eigenvalue weighted by Crippen LogP contribution is -2.23. The van der Waals surface area contributed by atoms with Crippen LogP contribution in [-0.2, 0) is 30.7 Å². The normalized spacial score (nSPS) is 20.0. The second-order valence-corrected chi connectivity index (χ2v) is 6.07. The van der Waals surface area contributed by atoms with Crippen molar-refractivity contribution in [1.29, 1.82) is 0 Å². The van der Waals surface area contributed by atoms with Crippen LogP contribution in [0.3, 0.4) is 0 Å². The number of aromatic nitrogens is 3. The van der Waals surface area contributed by atoms with Gasteiger partial charge < -0.3 is 14.6 Å². The third-order valence-corrected chi connectivity index (χ3v) is 4.38. The molecule has 0 spiro atoms. The summed E-state index contributed by atoms with van der Waals surface area (Å²) in [7, 11) is 0. The monoisotopic (exact) mass is 324 g/mol. The number of fused-ring (bicyclic) bond motifs is 5. The van der Waals surface area contributed by atoms with Gasteiger partial charge in [0.15, 0.2) is 0 Å². The number of nitrogens with one attached hydrogen (secondary N) is 1. The Bertz CT molecular complexity index is 698. The van der Waals surface area contributed by atoms with Gasteiger partial charge in [-0.3, -0.25) is 4.68 Å². The summed E-state index contributed by atoms with van der Waals surface area (Å²) in [6.45, 7) is 2.07. The van der Waals surface area contributed by atoms with Gasteiger partial charge in [0.2, 0.25) is 0 Å². The molecule has 0 radical (unpaired) electrons. The molecule has 4 heterocycles. The summed E-state index contributed by atoms with van der Waals surface area (Å²) in [6.07, 6.45) is 0.772. The van der Waals surface area contributed by atoms with Crippen molar-refractivity contribution < 1.29 is 18.0 Å². The molecule has 2 aromatic rings. The van der Waals surface area contributed by atoms with E-state index in [0.29, 0.717) is 13.0 Å². The van der Waals surface area contributed by atoms with E-state index in [1.54, 1.807) is 6.26 Å². The minimum absolute atomic E-state index is 0.0717. The molecule has 0 aliphatic carbocycles. The van der Waals surface area contributed by atoms with Gasteiger partial charge in [-0.25, -0.2) is 8.78 Å². The van der Waals surface area contributed by atoms with E-state index in [0.717, 1.165) is 42.2 Å². The van der Waals surface area contributed by atoms with Crippen molar-refractivity contribution in [1.82, 2.24) is 20.3 Å². The molecule has 2 aliphatic rings. The van der Waals surface area contributed by atoms with Crippen molar-refractivity contribution in [3.8, 4) is 11.4 Å². The van der Waals surface area contributed by atoms with Crippen LogP contribution in [0, 0.1) is 5.92 Å². The van der Waals surface area contributed by atoms with E-state index in [-0.39, 0.29) is 12.5 Å². The van der Waals surface area contributed by atoms with Crippen molar-refractivity contribution >= 4 is 0 Å². The smallest absolute Gasteiger partial charge is 0.261 e. The number of hydrogen-bond donors (Lipinski definition) is 1. The number of halogens is 2. The van der Waals surface area contributed by atoms with Crippen molar-refractivity contribution in [2.45, 2.75) is 32.4 Å². The average molecular weight is 324 g/mol. The molecule has 1 N–H and O–H groups in total. The molecule has 1 atom stereocenters. The highest BCUT2D eigenvalue weighted by atomic mass is 19.3. The van der Waals surface area contributed by atoms with Crippen LogP contribution in [0.25, 0.3) is 11.4 Å². The molecule has 4 rings (SSSR count). The first kappa shape index (κ1) is 14.8. The van der Waals surface area contributed by atoms with Gasteiger partial charge in [-0.2, -0.15) is 5.10 Å². The highest BCUT2D eigenvalue weighted by molar-refractivity contribution is 5.64. The summed E-state index contributed by atoms with van der Waals surface area (Å²) >= 11 is 0. The maximum absolute atomic E-state index is 12.3. The van der Waals surface area contributed by atoms with Gasteiger partial charge in [-0.15, -0.1) is 0 Å². The van der Waals surface area contributed by atoms with Crippen LogP contribution in [0.15, 0.2) is 10.8 Å². The topological polar surface area (TPSA) is 65.1 Å². The molecule has 2 aliphatic heterocycles. The fourth-order valence-corrected chi connectivity index (χ4v) is 3.41. The molecule has 124 valence electrons. The molecule has 0 aromatic carbocycles. The summed E-state index contributed by atoms with van der Waals surface area (Å²) in [5, 5.41) is 12.2. The van der Waals surface area contributed by atoms with Gasteiger partial charge in [0.25, 0.3) is 6.43 Å². The second kappa shape index (κ2) is 6.01. The Balaban J connectivity index is 1.65. The molecule has 0 amide bonds. The minimum Gasteiger partial charge on any atom is -0.375 e. The first-order valence-corrected chi connectivity index (χ1v) is 7.81. The van der Waals surface area contributed by atoms with Crippen LogP contribution in [0.2, 0.25) is 0 Å². The van der Waals surface area contributed by atoms with Crippen LogP contribution in [0.1, 0.15) is 16.8 Å². The molecule has 0 bridgehead atoms. The van der Waals surface area contributed by atoms with E-state index in [4.69, 9.17) is 14.4 Å². The lowest BCUT2D eigenvalue weighted by Gasteiger charge is -2.15. The molecule has 0 saturated heterocycles. The van der Waals surface area contributed by atoms with Gasteiger partial charge in [-0.05, 0) is 6.42 Å². The standard InChI is InChI=1S/C15H18F2N4O2/c16-13(17)8-22-6-9-3-10-7-23-20-14(10)15-11-4-18-2-1-12(11)19-21(15)5-9/h7,9,13,18H,1-6,8H2/t9-/m0/s1. The number of rotatable bonds is 4. The summed E-state index contributed by atoms with van der Waals surface area (Å²) < 4.78 is 36.8. The van der Waals surface area contributed by atoms with Gasteiger partial charge in [-0.1, -0.05) is 5.16 Å². The van der Waals surface area contributed by atoms with E-state index in [2.05, 4.69) is 10.5 Å². The van der Waals surface area contributed by atoms with Crippen LogP contribution in [-0.4, -0.2) is 41.1 Å². The fraction of sp³-hybridized carbons (Fsp3) is 0.600. The molecule has 6 nitrogen and oxygen atoms in total. The van der Waals surface area contributed by atoms with Gasteiger partial charge in [0.05, 0.1) is 18.0 Å². The number of ether oxygens (including phenoxy) is 1. The Morgan fingerprint density at radius 2 is 2.39 bits per heavy atom. The van der Waals surface area contributed by atoms with Crippen LogP contribution in [0.4, 0.5) is 8.78 Å². The van der Waals surface area contributed by atoms with E-state index in [9.17, 15) is 8.78 Å². The largest absolute Gasteiger partial charge is 0.375 e.